The third kappa shape index (κ3) is 19.7. The second-order valence-corrected chi connectivity index (χ2v) is 8.29. The van der Waals surface area contributed by atoms with Gasteiger partial charge >= 0.3 is 11.9 Å². The van der Waals surface area contributed by atoms with E-state index < -0.39 is 17.9 Å². The van der Waals surface area contributed by atoms with Crippen LogP contribution in [0, 0.1) is 5.92 Å². The van der Waals surface area contributed by atoms with Gasteiger partial charge in [0.25, 0.3) is 0 Å². The summed E-state index contributed by atoms with van der Waals surface area (Å²) in [5.41, 5.74) is 0. The maximum atomic E-state index is 11.6. The quantitative estimate of drug-likeness (QED) is 0.111. The van der Waals surface area contributed by atoms with E-state index >= 15 is 0 Å². The molecule has 174 valence electrons. The van der Waals surface area contributed by atoms with Crippen molar-refractivity contribution in [3.8, 4) is 0 Å². The standard InChI is InChI=1S/C26H46O4/c1-3-5-6-7-8-9-10-11-12-13-14-15-16-17-18-19-20-21-24(26(28)29)23-25(27)30-22-4-2/h4,6-7,24H,2-3,5,8-23H2,1H3,(H,28,29)/b7-6+. The van der Waals surface area contributed by atoms with Crippen LogP contribution in [-0.4, -0.2) is 23.7 Å². The molecule has 0 aromatic rings. The van der Waals surface area contributed by atoms with E-state index in [0.29, 0.717) is 6.42 Å². The molecule has 1 unspecified atom stereocenters. The van der Waals surface area contributed by atoms with Crippen molar-refractivity contribution in [3.63, 3.8) is 0 Å². The van der Waals surface area contributed by atoms with Crippen LogP contribution in [0.4, 0.5) is 0 Å². The Morgan fingerprint density at radius 2 is 1.33 bits per heavy atom. The first kappa shape index (κ1) is 28.4. The summed E-state index contributed by atoms with van der Waals surface area (Å²) in [5.74, 6) is -1.99. The Morgan fingerprint density at radius 3 is 1.83 bits per heavy atom. The summed E-state index contributed by atoms with van der Waals surface area (Å²) in [4.78, 5) is 22.8. The van der Waals surface area contributed by atoms with E-state index in [-0.39, 0.29) is 13.0 Å². The van der Waals surface area contributed by atoms with E-state index in [4.69, 9.17) is 4.74 Å². The van der Waals surface area contributed by atoms with Crippen LogP contribution in [0.25, 0.3) is 0 Å². The zero-order valence-corrected chi connectivity index (χ0v) is 19.4. The fraction of sp³-hybridized carbons (Fsp3) is 0.769. The number of hydrogen-bond acceptors (Lipinski definition) is 3. The Bertz CT molecular complexity index is 456. The molecule has 1 N–H and O–H groups in total. The largest absolute Gasteiger partial charge is 0.481 e. The third-order valence-corrected chi connectivity index (χ3v) is 5.42. The fourth-order valence-electron chi connectivity index (χ4n) is 3.55. The van der Waals surface area contributed by atoms with Gasteiger partial charge in [-0.3, -0.25) is 9.59 Å². The van der Waals surface area contributed by atoms with Crippen molar-refractivity contribution < 1.29 is 19.4 Å². The van der Waals surface area contributed by atoms with Crippen LogP contribution in [0.2, 0.25) is 0 Å². The number of carbonyl (C=O) groups is 2. The van der Waals surface area contributed by atoms with Gasteiger partial charge in [-0.15, -0.1) is 0 Å². The number of hydrogen-bond donors (Lipinski definition) is 1. The van der Waals surface area contributed by atoms with Crippen LogP contribution in [0.3, 0.4) is 0 Å². The lowest BCUT2D eigenvalue weighted by Crippen LogP contribution is -2.19. The number of carboxylic acids is 1. The molecule has 30 heavy (non-hydrogen) atoms. The monoisotopic (exact) mass is 422 g/mol. The predicted molar refractivity (Wildman–Crippen MR) is 126 cm³/mol. The summed E-state index contributed by atoms with van der Waals surface area (Å²) in [6.45, 7) is 5.84. The smallest absolute Gasteiger partial charge is 0.307 e. The summed E-state index contributed by atoms with van der Waals surface area (Å²) in [5, 5.41) is 9.25. The van der Waals surface area contributed by atoms with E-state index in [1.54, 1.807) is 0 Å². The second-order valence-electron chi connectivity index (χ2n) is 8.29. The number of ether oxygens (including phenoxy) is 1. The molecule has 0 saturated heterocycles. The summed E-state index contributed by atoms with van der Waals surface area (Å²) in [6.07, 6.45) is 25.3. The number of carboxylic acid groups (broad SMARTS) is 1. The van der Waals surface area contributed by atoms with Crippen LogP contribution >= 0.6 is 0 Å². The summed E-state index contributed by atoms with van der Waals surface area (Å²) in [6, 6.07) is 0. The third-order valence-electron chi connectivity index (χ3n) is 5.42. The molecule has 0 spiro atoms. The summed E-state index contributed by atoms with van der Waals surface area (Å²) in [7, 11) is 0. The summed E-state index contributed by atoms with van der Waals surface area (Å²) >= 11 is 0. The molecule has 1 atom stereocenters. The highest BCUT2D eigenvalue weighted by atomic mass is 16.5. The molecule has 0 heterocycles. The topological polar surface area (TPSA) is 63.6 Å². The lowest BCUT2D eigenvalue weighted by atomic mass is 9.97. The minimum absolute atomic E-state index is 0.0429. The van der Waals surface area contributed by atoms with Crippen molar-refractivity contribution in [1.82, 2.24) is 0 Å². The first-order valence-electron chi connectivity index (χ1n) is 12.3. The first-order valence-corrected chi connectivity index (χ1v) is 12.3. The lowest BCUT2D eigenvalue weighted by molar-refractivity contribution is -0.151. The molecule has 0 radical (unpaired) electrons. The van der Waals surface area contributed by atoms with Gasteiger partial charge in [-0.25, -0.2) is 0 Å². The summed E-state index contributed by atoms with van der Waals surface area (Å²) < 4.78 is 4.89. The molecule has 0 aliphatic heterocycles. The van der Waals surface area contributed by atoms with Crippen LogP contribution in [0.5, 0.6) is 0 Å². The number of rotatable bonds is 22. The first-order chi connectivity index (χ1) is 14.6. The predicted octanol–water partition coefficient (Wildman–Crippen LogP) is 7.62. The Labute approximate surface area is 185 Å². The minimum atomic E-state index is -0.904. The molecule has 0 aliphatic rings. The van der Waals surface area contributed by atoms with Crippen molar-refractivity contribution in [2.75, 3.05) is 6.61 Å². The van der Waals surface area contributed by atoms with Crippen LogP contribution < -0.4 is 0 Å². The average Bonchev–Trinajstić information content (AvgIpc) is 2.73. The van der Waals surface area contributed by atoms with Gasteiger partial charge in [0, 0.05) is 0 Å². The molecule has 0 aromatic heterocycles. The highest BCUT2D eigenvalue weighted by Gasteiger charge is 2.21. The average molecular weight is 423 g/mol. The van der Waals surface area contributed by atoms with E-state index in [9.17, 15) is 14.7 Å². The highest BCUT2D eigenvalue weighted by Crippen LogP contribution is 2.17. The maximum absolute atomic E-state index is 11.6. The van der Waals surface area contributed by atoms with Gasteiger partial charge in [0.1, 0.15) is 6.61 Å². The van der Waals surface area contributed by atoms with Crippen molar-refractivity contribution in [3.05, 3.63) is 24.8 Å². The van der Waals surface area contributed by atoms with Crippen molar-refractivity contribution in [2.45, 2.75) is 116 Å². The zero-order chi connectivity index (χ0) is 22.3. The van der Waals surface area contributed by atoms with Gasteiger partial charge in [-0.2, -0.15) is 0 Å². The molecular formula is C26H46O4. The Balaban J connectivity index is 3.44. The van der Waals surface area contributed by atoms with Crippen LogP contribution in [0.1, 0.15) is 116 Å². The second kappa shape index (κ2) is 22.1. The van der Waals surface area contributed by atoms with Gasteiger partial charge in [0.2, 0.25) is 0 Å². The van der Waals surface area contributed by atoms with E-state index in [0.717, 1.165) is 19.3 Å². The van der Waals surface area contributed by atoms with Crippen molar-refractivity contribution in [1.29, 1.82) is 0 Å². The number of allylic oxidation sites excluding steroid dienone is 2. The van der Waals surface area contributed by atoms with Gasteiger partial charge in [0.05, 0.1) is 12.3 Å². The molecule has 0 aliphatic carbocycles. The molecule has 0 fully saturated rings. The highest BCUT2D eigenvalue weighted by molar-refractivity contribution is 5.78. The van der Waals surface area contributed by atoms with E-state index in [1.165, 1.54) is 83.1 Å². The molecule has 0 amide bonds. The maximum Gasteiger partial charge on any atom is 0.307 e. The normalized spacial score (nSPS) is 12.2. The van der Waals surface area contributed by atoms with E-state index in [2.05, 4.69) is 25.7 Å². The fourth-order valence-corrected chi connectivity index (χ4v) is 3.55. The molecule has 0 rings (SSSR count). The Hall–Kier alpha value is -1.58. The van der Waals surface area contributed by atoms with Gasteiger partial charge in [-0.1, -0.05) is 109 Å². The van der Waals surface area contributed by atoms with Crippen molar-refractivity contribution in [2.24, 2.45) is 5.92 Å². The number of esters is 1. The molecule has 0 saturated carbocycles. The van der Waals surface area contributed by atoms with Crippen LogP contribution in [0.15, 0.2) is 24.8 Å². The SMILES string of the molecule is C=CCOC(=O)CC(CCCCCCCCCCCCCC/C=C/CCC)C(=O)O. The molecule has 4 nitrogen and oxygen atoms in total. The minimum Gasteiger partial charge on any atom is -0.481 e. The zero-order valence-electron chi connectivity index (χ0n) is 19.4. The molecule has 0 aromatic carbocycles. The Morgan fingerprint density at radius 1 is 0.833 bits per heavy atom. The van der Waals surface area contributed by atoms with Gasteiger partial charge < -0.3 is 9.84 Å². The molecule has 4 heteroatoms. The number of aliphatic carboxylic acids is 1. The number of carbonyl (C=O) groups excluding carboxylic acids is 1. The molecular weight excluding hydrogens is 376 g/mol. The van der Waals surface area contributed by atoms with Crippen molar-refractivity contribution >= 4 is 11.9 Å². The van der Waals surface area contributed by atoms with E-state index in [1.807, 2.05) is 0 Å². The number of unbranched alkanes of at least 4 members (excludes halogenated alkanes) is 13. The molecule has 0 bridgehead atoms. The van der Waals surface area contributed by atoms with Gasteiger partial charge in [-0.05, 0) is 25.7 Å². The van der Waals surface area contributed by atoms with Gasteiger partial charge in [0.15, 0.2) is 0 Å². The Kier molecular flexibility index (Phi) is 20.9. The van der Waals surface area contributed by atoms with Crippen LogP contribution in [-0.2, 0) is 14.3 Å². The lowest BCUT2D eigenvalue weighted by Gasteiger charge is -2.11.